The normalized spacial score (nSPS) is 22.8. The van der Waals surface area contributed by atoms with E-state index in [0.29, 0.717) is 5.82 Å². The van der Waals surface area contributed by atoms with Gasteiger partial charge in [-0.05, 0) is 17.7 Å². The molecule has 0 radical (unpaired) electrons. The molecule has 2 aromatic rings. The third-order valence-corrected chi connectivity index (χ3v) is 3.10. The molecule has 1 aliphatic heterocycles. The lowest BCUT2D eigenvalue weighted by atomic mass is 10.0. The average Bonchev–Trinajstić information content (AvgIpc) is 2.80. The Morgan fingerprint density at radius 3 is 2.71 bits per heavy atom. The minimum absolute atomic E-state index is 0.228. The second-order valence-corrected chi connectivity index (χ2v) is 4.39. The minimum Gasteiger partial charge on any atom is -0.239 e. The molecule has 2 heterocycles. The van der Waals surface area contributed by atoms with Gasteiger partial charge in [-0.2, -0.15) is 0 Å². The first-order chi connectivity index (χ1) is 8.15. The Balaban J connectivity index is 2.03. The molecule has 0 spiro atoms. The Bertz CT molecular complexity index is 552. The van der Waals surface area contributed by atoms with E-state index in [1.165, 1.54) is 16.8 Å². The molecule has 0 amide bonds. The van der Waals surface area contributed by atoms with E-state index in [4.69, 9.17) is 0 Å². The van der Waals surface area contributed by atoms with Crippen LogP contribution in [0.15, 0.2) is 29.4 Å². The van der Waals surface area contributed by atoms with E-state index in [-0.39, 0.29) is 23.4 Å². The van der Waals surface area contributed by atoms with Crippen LogP contribution in [0.1, 0.15) is 30.0 Å². The summed E-state index contributed by atoms with van der Waals surface area (Å²) in [5.41, 5.74) is 0.825. The maximum atomic E-state index is 13.7. The molecular formula is C11H9F2N3S. The summed E-state index contributed by atoms with van der Waals surface area (Å²) in [5.74, 6) is -0.0124. The quantitative estimate of drug-likeness (QED) is 0.792. The topological polar surface area (TPSA) is 30.7 Å². The molecule has 0 N–H and O–H groups in total. The zero-order valence-electron chi connectivity index (χ0n) is 8.72. The molecule has 0 bridgehead atoms. The van der Waals surface area contributed by atoms with Crippen LogP contribution in [0.25, 0.3) is 0 Å². The van der Waals surface area contributed by atoms with Crippen LogP contribution in [0.4, 0.5) is 8.78 Å². The lowest BCUT2D eigenvalue weighted by molar-refractivity contribution is 0.327. The SMILES string of the molecule is Fc1ccc([C@@H]2C[C@H](F)c3nc(S)nn32)cc1. The van der Waals surface area contributed by atoms with Crippen LogP contribution in [-0.4, -0.2) is 14.8 Å². The predicted octanol–water partition coefficient (Wildman–Crippen LogP) is 2.71. The molecule has 0 saturated heterocycles. The smallest absolute Gasteiger partial charge is 0.205 e. The highest BCUT2D eigenvalue weighted by Gasteiger charge is 2.34. The zero-order chi connectivity index (χ0) is 12.0. The van der Waals surface area contributed by atoms with Crippen molar-refractivity contribution in [3.8, 4) is 0 Å². The maximum absolute atomic E-state index is 13.7. The predicted molar refractivity (Wildman–Crippen MR) is 60.3 cm³/mol. The highest BCUT2D eigenvalue weighted by atomic mass is 32.1. The molecule has 3 rings (SSSR count). The van der Waals surface area contributed by atoms with Crippen LogP contribution < -0.4 is 0 Å². The van der Waals surface area contributed by atoms with E-state index < -0.39 is 6.17 Å². The van der Waals surface area contributed by atoms with Gasteiger partial charge in [0, 0.05) is 6.42 Å². The van der Waals surface area contributed by atoms with Gasteiger partial charge in [-0.3, -0.25) is 0 Å². The first-order valence-corrected chi connectivity index (χ1v) is 5.65. The average molecular weight is 253 g/mol. The van der Waals surface area contributed by atoms with Crippen molar-refractivity contribution in [2.45, 2.75) is 23.8 Å². The lowest BCUT2D eigenvalue weighted by Gasteiger charge is -2.11. The summed E-state index contributed by atoms with van der Waals surface area (Å²) in [7, 11) is 0. The van der Waals surface area contributed by atoms with Gasteiger partial charge in [0.15, 0.2) is 12.0 Å². The van der Waals surface area contributed by atoms with Crippen molar-refractivity contribution < 1.29 is 8.78 Å². The third kappa shape index (κ3) is 1.72. The number of hydrogen-bond donors (Lipinski definition) is 1. The second-order valence-electron chi connectivity index (χ2n) is 3.99. The number of thiol groups is 1. The van der Waals surface area contributed by atoms with Crippen molar-refractivity contribution in [1.29, 1.82) is 0 Å². The lowest BCUT2D eigenvalue weighted by Crippen LogP contribution is -2.07. The Morgan fingerprint density at radius 2 is 2.00 bits per heavy atom. The summed E-state index contributed by atoms with van der Waals surface area (Å²) in [6.07, 6.45) is -0.854. The van der Waals surface area contributed by atoms with Gasteiger partial charge >= 0.3 is 0 Å². The van der Waals surface area contributed by atoms with E-state index >= 15 is 0 Å². The Hall–Kier alpha value is -1.43. The van der Waals surface area contributed by atoms with Crippen LogP contribution in [0.2, 0.25) is 0 Å². The number of alkyl halides is 1. The molecule has 3 nitrogen and oxygen atoms in total. The van der Waals surface area contributed by atoms with Crippen LogP contribution in [0.3, 0.4) is 0 Å². The van der Waals surface area contributed by atoms with Crippen molar-refractivity contribution in [3.05, 3.63) is 41.5 Å². The molecule has 0 unspecified atom stereocenters. The number of nitrogens with zero attached hydrogens (tertiary/aromatic N) is 3. The summed E-state index contributed by atoms with van der Waals surface area (Å²) in [4.78, 5) is 3.93. The fourth-order valence-corrected chi connectivity index (χ4v) is 2.33. The Morgan fingerprint density at radius 1 is 1.29 bits per heavy atom. The summed E-state index contributed by atoms with van der Waals surface area (Å²) < 4.78 is 28.1. The van der Waals surface area contributed by atoms with Crippen LogP contribution in [0.5, 0.6) is 0 Å². The maximum Gasteiger partial charge on any atom is 0.205 e. The summed E-state index contributed by atoms with van der Waals surface area (Å²) in [6.45, 7) is 0. The Labute approximate surface area is 102 Å². The van der Waals surface area contributed by atoms with Gasteiger partial charge in [0.05, 0.1) is 6.04 Å². The molecule has 0 aliphatic carbocycles. The van der Waals surface area contributed by atoms with Gasteiger partial charge in [0.1, 0.15) is 5.82 Å². The number of hydrogen-bond acceptors (Lipinski definition) is 3. The monoisotopic (exact) mass is 253 g/mol. The molecule has 17 heavy (non-hydrogen) atoms. The molecule has 1 aromatic heterocycles. The molecule has 0 fully saturated rings. The van der Waals surface area contributed by atoms with Gasteiger partial charge in [-0.1, -0.05) is 12.1 Å². The molecule has 0 saturated carbocycles. The van der Waals surface area contributed by atoms with Gasteiger partial charge in [-0.25, -0.2) is 18.4 Å². The van der Waals surface area contributed by atoms with Crippen molar-refractivity contribution in [2.24, 2.45) is 0 Å². The molecule has 1 aromatic carbocycles. The van der Waals surface area contributed by atoms with Crippen molar-refractivity contribution in [1.82, 2.24) is 14.8 Å². The Kier molecular flexibility index (Phi) is 2.39. The molecule has 1 aliphatic rings. The molecule has 6 heteroatoms. The second kappa shape index (κ2) is 3.80. The van der Waals surface area contributed by atoms with E-state index in [0.717, 1.165) is 5.56 Å². The van der Waals surface area contributed by atoms with E-state index in [9.17, 15) is 8.78 Å². The van der Waals surface area contributed by atoms with Gasteiger partial charge < -0.3 is 0 Å². The standard InChI is InChI=1S/C11H9F2N3S/c12-7-3-1-6(2-4-7)9-5-8(13)10-14-11(17)15-16(9)10/h1-4,8-9H,5H2,(H,15,17)/t8-,9-/m0/s1. The fraction of sp³-hybridized carbons (Fsp3) is 0.273. The largest absolute Gasteiger partial charge is 0.239 e. The highest BCUT2D eigenvalue weighted by Crippen LogP contribution is 2.39. The summed E-state index contributed by atoms with van der Waals surface area (Å²) >= 11 is 4.00. The van der Waals surface area contributed by atoms with Gasteiger partial charge in [0.2, 0.25) is 5.16 Å². The molecular weight excluding hydrogens is 244 g/mol. The van der Waals surface area contributed by atoms with E-state index in [1.54, 1.807) is 12.1 Å². The number of rotatable bonds is 1. The first-order valence-electron chi connectivity index (χ1n) is 5.20. The number of benzene rings is 1. The van der Waals surface area contributed by atoms with Crippen molar-refractivity contribution >= 4 is 12.6 Å². The molecule has 2 atom stereocenters. The molecule has 88 valence electrons. The summed E-state index contributed by atoms with van der Waals surface area (Å²) in [6, 6.07) is 5.77. The summed E-state index contributed by atoms with van der Waals surface area (Å²) in [5, 5.41) is 4.32. The number of halogens is 2. The highest BCUT2D eigenvalue weighted by molar-refractivity contribution is 7.80. The zero-order valence-corrected chi connectivity index (χ0v) is 9.61. The van der Waals surface area contributed by atoms with E-state index in [2.05, 4.69) is 22.7 Å². The van der Waals surface area contributed by atoms with Crippen LogP contribution in [-0.2, 0) is 0 Å². The van der Waals surface area contributed by atoms with Gasteiger partial charge in [-0.15, -0.1) is 17.7 Å². The minimum atomic E-state index is -1.14. The van der Waals surface area contributed by atoms with E-state index in [1.807, 2.05) is 0 Å². The van der Waals surface area contributed by atoms with Crippen molar-refractivity contribution in [2.75, 3.05) is 0 Å². The fourth-order valence-electron chi connectivity index (χ4n) is 2.13. The number of aromatic nitrogens is 3. The van der Waals surface area contributed by atoms with Crippen LogP contribution in [0, 0.1) is 5.82 Å². The number of fused-ring (bicyclic) bond motifs is 1. The van der Waals surface area contributed by atoms with Crippen LogP contribution >= 0.6 is 12.6 Å². The third-order valence-electron chi connectivity index (χ3n) is 2.91. The van der Waals surface area contributed by atoms with Gasteiger partial charge in [0.25, 0.3) is 0 Å². The van der Waals surface area contributed by atoms with Crippen molar-refractivity contribution in [3.63, 3.8) is 0 Å². The first kappa shape index (κ1) is 10.7.